The minimum absolute atomic E-state index is 0.0406. The molecule has 0 radical (unpaired) electrons. The molecule has 0 atom stereocenters. The number of likely N-dealkylation sites (tertiary alicyclic amines) is 1. The van der Waals surface area contributed by atoms with Gasteiger partial charge in [-0.1, -0.05) is 0 Å². The van der Waals surface area contributed by atoms with Gasteiger partial charge < -0.3 is 14.4 Å². The van der Waals surface area contributed by atoms with E-state index in [0.717, 1.165) is 12.8 Å². The summed E-state index contributed by atoms with van der Waals surface area (Å²) in [5.74, 6) is -0.358. The van der Waals surface area contributed by atoms with Crippen molar-refractivity contribution in [3.8, 4) is 11.5 Å². The van der Waals surface area contributed by atoms with Gasteiger partial charge in [0.2, 0.25) is 0 Å². The van der Waals surface area contributed by atoms with Crippen LogP contribution in [0.15, 0.2) is 47.3 Å². The number of piperidine rings is 1. The molecule has 144 valence electrons. The van der Waals surface area contributed by atoms with Gasteiger partial charge in [-0.05, 0) is 44.0 Å². The number of nitrogens with zero attached hydrogens (tertiary/aromatic N) is 4. The number of aryl methyl sites for hydroxylation is 1. The number of aromatic nitrogens is 3. The maximum absolute atomic E-state index is 12.9. The number of rotatable bonds is 4. The molecule has 28 heavy (non-hydrogen) atoms. The van der Waals surface area contributed by atoms with E-state index in [9.17, 15) is 9.59 Å². The molecule has 0 aromatic carbocycles. The summed E-state index contributed by atoms with van der Waals surface area (Å²) in [5.41, 5.74) is 2.13. The largest absolute Gasteiger partial charge is 0.478 e. The summed E-state index contributed by atoms with van der Waals surface area (Å²) in [5, 5.41) is 13.2. The van der Waals surface area contributed by atoms with Crippen LogP contribution in [0.3, 0.4) is 0 Å². The molecule has 1 aliphatic heterocycles. The summed E-state index contributed by atoms with van der Waals surface area (Å²) < 4.78 is 7.05. The van der Waals surface area contributed by atoms with E-state index in [0.29, 0.717) is 35.8 Å². The van der Waals surface area contributed by atoms with E-state index in [1.165, 1.54) is 6.20 Å². The van der Waals surface area contributed by atoms with Gasteiger partial charge in [0.15, 0.2) is 5.76 Å². The number of carbonyl (C=O) groups excluding carboxylic acids is 1. The van der Waals surface area contributed by atoms with Crippen LogP contribution in [0.1, 0.15) is 45.3 Å². The second kappa shape index (κ2) is 7.30. The molecule has 4 rings (SSSR count). The van der Waals surface area contributed by atoms with Crippen molar-refractivity contribution in [3.05, 3.63) is 59.7 Å². The van der Waals surface area contributed by atoms with Crippen LogP contribution in [-0.4, -0.2) is 49.7 Å². The van der Waals surface area contributed by atoms with Crippen LogP contribution in [-0.2, 0) is 0 Å². The van der Waals surface area contributed by atoms with Gasteiger partial charge in [0, 0.05) is 19.3 Å². The van der Waals surface area contributed by atoms with E-state index in [-0.39, 0.29) is 17.5 Å². The molecule has 0 saturated carbocycles. The third-order valence-corrected chi connectivity index (χ3v) is 5.06. The van der Waals surface area contributed by atoms with Gasteiger partial charge in [-0.2, -0.15) is 5.10 Å². The monoisotopic (exact) mass is 380 g/mol. The Hall–Kier alpha value is -3.42. The zero-order chi connectivity index (χ0) is 19.7. The van der Waals surface area contributed by atoms with Crippen LogP contribution < -0.4 is 0 Å². The van der Waals surface area contributed by atoms with Crippen LogP contribution in [0.5, 0.6) is 0 Å². The van der Waals surface area contributed by atoms with Crippen molar-refractivity contribution in [1.82, 2.24) is 19.7 Å². The molecular weight excluding hydrogens is 360 g/mol. The molecular formula is C20H20N4O4. The molecule has 0 bridgehead atoms. The van der Waals surface area contributed by atoms with Crippen molar-refractivity contribution in [2.45, 2.75) is 25.8 Å². The molecule has 8 heteroatoms. The van der Waals surface area contributed by atoms with Crippen LogP contribution in [0, 0.1) is 6.92 Å². The van der Waals surface area contributed by atoms with Gasteiger partial charge in [-0.25, -0.2) is 9.78 Å². The quantitative estimate of drug-likeness (QED) is 0.746. The number of furan rings is 1. The molecule has 3 aromatic rings. The van der Waals surface area contributed by atoms with E-state index >= 15 is 0 Å². The summed E-state index contributed by atoms with van der Waals surface area (Å²) >= 11 is 0. The Kier molecular flexibility index (Phi) is 4.68. The van der Waals surface area contributed by atoms with Gasteiger partial charge in [-0.15, -0.1) is 0 Å². The summed E-state index contributed by atoms with van der Waals surface area (Å²) in [6, 6.07) is 7.32. The highest BCUT2D eigenvalue weighted by Crippen LogP contribution is 2.25. The number of hydrogen-bond donors (Lipinski definition) is 1. The van der Waals surface area contributed by atoms with Crippen molar-refractivity contribution in [1.29, 1.82) is 0 Å². The van der Waals surface area contributed by atoms with Gasteiger partial charge in [0.05, 0.1) is 35.3 Å². The fourth-order valence-corrected chi connectivity index (χ4v) is 3.50. The fraction of sp³-hybridized carbons (Fsp3) is 0.300. The molecule has 4 heterocycles. The highest BCUT2D eigenvalue weighted by molar-refractivity contribution is 5.95. The van der Waals surface area contributed by atoms with Crippen molar-refractivity contribution in [2.75, 3.05) is 13.1 Å². The van der Waals surface area contributed by atoms with Crippen molar-refractivity contribution >= 4 is 11.9 Å². The molecule has 0 spiro atoms. The predicted octanol–water partition coefficient (Wildman–Crippen LogP) is 3.02. The lowest BCUT2D eigenvalue weighted by molar-refractivity contribution is 0.0687. The zero-order valence-electron chi connectivity index (χ0n) is 15.4. The van der Waals surface area contributed by atoms with Gasteiger partial charge >= 0.3 is 5.97 Å². The maximum Gasteiger partial charge on any atom is 0.338 e. The first kappa shape index (κ1) is 18.0. The standard InChI is InChI=1S/C20H20N4O4/c1-13-16(4-5-17(22-13)18-3-2-10-28-18)19(25)23-8-6-15(7-9-23)24-12-14(11-21-24)20(26)27/h2-5,10-12,15H,6-9H2,1H3,(H,26,27). The lowest BCUT2D eigenvalue weighted by atomic mass is 10.0. The summed E-state index contributed by atoms with van der Waals surface area (Å²) in [6.07, 6.45) is 5.95. The van der Waals surface area contributed by atoms with Crippen LogP contribution >= 0.6 is 0 Å². The molecule has 1 saturated heterocycles. The van der Waals surface area contributed by atoms with Crippen LogP contribution in [0.4, 0.5) is 0 Å². The molecule has 1 aliphatic rings. The Morgan fingerprint density at radius 1 is 1.21 bits per heavy atom. The second-order valence-electron chi connectivity index (χ2n) is 6.84. The number of aromatic carboxylic acids is 1. The number of amides is 1. The SMILES string of the molecule is Cc1nc(-c2ccco2)ccc1C(=O)N1CCC(n2cc(C(=O)O)cn2)CC1. The molecule has 3 aromatic heterocycles. The van der Waals surface area contributed by atoms with Gasteiger partial charge in [0.1, 0.15) is 5.69 Å². The first-order chi connectivity index (χ1) is 13.5. The average Bonchev–Trinajstić information content (AvgIpc) is 3.40. The van der Waals surface area contributed by atoms with Gasteiger partial charge in [-0.3, -0.25) is 9.48 Å². The van der Waals surface area contributed by atoms with Crippen molar-refractivity contribution in [2.24, 2.45) is 0 Å². The highest BCUT2D eigenvalue weighted by atomic mass is 16.4. The molecule has 0 unspecified atom stereocenters. The van der Waals surface area contributed by atoms with E-state index in [1.54, 1.807) is 35.3 Å². The summed E-state index contributed by atoms with van der Waals surface area (Å²) in [4.78, 5) is 30.2. The third kappa shape index (κ3) is 3.40. The number of carboxylic acids is 1. The van der Waals surface area contributed by atoms with Crippen LogP contribution in [0.25, 0.3) is 11.5 Å². The maximum atomic E-state index is 12.9. The van der Waals surface area contributed by atoms with Crippen molar-refractivity contribution in [3.63, 3.8) is 0 Å². The molecule has 1 fully saturated rings. The molecule has 8 nitrogen and oxygen atoms in total. The predicted molar refractivity (Wildman–Crippen MR) is 100 cm³/mol. The minimum Gasteiger partial charge on any atom is -0.478 e. The average molecular weight is 380 g/mol. The summed E-state index contributed by atoms with van der Waals surface area (Å²) in [6.45, 7) is 3.00. The lowest BCUT2D eigenvalue weighted by Crippen LogP contribution is -2.39. The Bertz CT molecular complexity index is 1000. The zero-order valence-corrected chi connectivity index (χ0v) is 15.4. The van der Waals surface area contributed by atoms with Crippen LogP contribution in [0.2, 0.25) is 0 Å². The molecule has 1 amide bonds. The van der Waals surface area contributed by atoms with E-state index in [4.69, 9.17) is 9.52 Å². The topological polar surface area (TPSA) is 101 Å². The minimum atomic E-state index is -0.986. The Morgan fingerprint density at radius 2 is 2.00 bits per heavy atom. The number of carbonyl (C=O) groups is 2. The number of hydrogen-bond acceptors (Lipinski definition) is 5. The Labute approximate surface area is 161 Å². The van der Waals surface area contributed by atoms with Gasteiger partial charge in [0.25, 0.3) is 5.91 Å². The summed E-state index contributed by atoms with van der Waals surface area (Å²) in [7, 11) is 0. The first-order valence-corrected chi connectivity index (χ1v) is 9.11. The van der Waals surface area contributed by atoms with Crippen molar-refractivity contribution < 1.29 is 19.1 Å². The lowest BCUT2D eigenvalue weighted by Gasteiger charge is -2.32. The second-order valence-corrected chi connectivity index (χ2v) is 6.84. The Balaban J connectivity index is 1.43. The van der Waals surface area contributed by atoms with E-state index in [1.807, 2.05) is 17.9 Å². The fourth-order valence-electron chi connectivity index (χ4n) is 3.50. The Morgan fingerprint density at radius 3 is 2.61 bits per heavy atom. The number of carboxylic acid groups (broad SMARTS) is 1. The van der Waals surface area contributed by atoms with E-state index < -0.39 is 5.97 Å². The highest BCUT2D eigenvalue weighted by Gasteiger charge is 2.26. The normalized spacial score (nSPS) is 15.0. The smallest absolute Gasteiger partial charge is 0.338 e. The first-order valence-electron chi connectivity index (χ1n) is 9.11. The molecule has 1 N–H and O–H groups in total. The molecule has 0 aliphatic carbocycles. The number of pyridine rings is 1. The van der Waals surface area contributed by atoms with E-state index in [2.05, 4.69) is 10.1 Å². The third-order valence-electron chi connectivity index (χ3n) is 5.06.